The maximum atomic E-state index is 12.0. The van der Waals surface area contributed by atoms with Gasteiger partial charge in [0, 0.05) is 17.7 Å². The smallest absolute Gasteiger partial charge is 0.349 e. The van der Waals surface area contributed by atoms with Crippen LogP contribution in [0.2, 0.25) is 0 Å². The van der Waals surface area contributed by atoms with E-state index in [1.165, 1.54) is 0 Å². The minimum Gasteiger partial charge on any atom is -0.349 e. The zero-order chi connectivity index (χ0) is 13.9. The number of carbonyl (C=O) groups is 1. The largest absolute Gasteiger partial charge is 0.389 e. The lowest BCUT2D eigenvalue weighted by atomic mass is 10.1. The van der Waals surface area contributed by atoms with Crippen molar-refractivity contribution in [3.05, 3.63) is 17.0 Å². The second-order valence-electron chi connectivity index (χ2n) is 4.25. The van der Waals surface area contributed by atoms with Crippen molar-refractivity contribution in [3.8, 4) is 0 Å². The monoisotopic (exact) mass is 263 g/mol. The molecule has 1 amide bonds. The third-order valence-corrected chi connectivity index (χ3v) is 2.63. The minimum absolute atomic E-state index is 0.357. The van der Waals surface area contributed by atoms with E-state index in [0.29, 0.717) is 0 Å². The number of alkyl halides is 3. The maximum Gasteiger partial charge on any atom is 0.389 e. The van der Waals surface area contributed by atoms with Crippen molar-refractivity contribution >= 4 is 5.91 Å². The molecule has 0 saturated heterocycles. The lowest BCUT2D eigenvalue weighted by molar-refractivity contribution is -0.144. The zero-order valence-electron chi connectivity index (χ0n) is 10.5. The number of halogens is 3. The average Bonchev–Trinajstić information content (AvgIpc) is 2.54. The number of nitrogens with one attached hydrogen (secondary N) is 2. The van der Waals surface area contributed by atoms with Crippen molar-refractivity contribution in [2.75, 3.05) is 0 Å². The first-order valence-electron chi connectivity index (χ1n) is 5.58. The van der Waals surface area contributed by atoms with Crippen molar-refractivity contribution in [2.24, 2.45) is 0 Å². The molecule has 1 atom stereocenters. The second kappa shape index (κ2) is 5.41. The molecule has 0 fully saturated rings. The van der Waals surface area contributed by atoms with E-state index in [4.69, 9.17) is 0 Å². The Balaban J connectivity index is 2.55. The molecule has 0 aromatic carbocycles. The van der Waals surface area contributed by atoms with Gasteiger partial charge in [0.15, 0.2) is 0 Å². The van der Waals surface area contributed by atoms with Crippen molar-refractivity contribution in [3.63, 3.8) is 0 Å². The van der Waals surface area contributed by atoms with E-state index in [-0.39, 0.29) is 6.04 Å². The Kier molecular flexibility index (Phi) is 4.37. The summed E-state index contributed by atoms with van der Waals surface area (Å²) in [7, 11) is 0. The van der Waals surface area contributed by atoms with Gasteiger partial charge >= 0.3 is 6.18 Å². The number of nitrogens with zero attached hydrogens (tertiary/aromatic N) is 1. The molecule has 1 aromatic rings. The van der Waals surface area contributed by atoms with E-state index in [2.05, 4.69) is 15.5 Å². The Morgan fingerprint density at radius 3 is 2.50 bits per heavy atom. The number of aromatic amines is 1. The van der Waals surface area contributed by atoms with Gasteiger partial charge in [0.1, 0.15) is 0 Å². The molecule has 102 valence electrons. The molecule has 0 unspecified atom stereocenters. The molecular formula is C11H16F3N3O. The van der Waals surface area contributed by atoms with Crippen LogP contribution in [-0.4, -0.2) is 22.3 Å². The van der Waals surface area contributed by atoms with Crippen LogP contribution >= 0.6 is 0 Å². The van der Waals surface area contributed by atoms with E-state index >= 15 is 0 Å². The molecule has 0 aliphatic rings. The highest BCUT2D eigenvalue weighted by Crippen LogP contribution is 2.22. The van der Waals surface area contributed by atoms with E-state index < -0.39 is 24.9 Å². The van der Waals surface area contributed by atoms with E-state index in [9.17, 15) is 18.0 Å². The van der Waals surface area contributed by atoms with Gasteiger partial charge in [-0.1, -0.05) is 0 Å². The fourth-order valence-electron chi connectivity index (χ4n) is 1.84. The molecule has 2 N–H and O–H groups in total. The highest BCUT2D eigenvalue weighted by atomic mass is 19.4. The molecule has 0 aliphatic heterocycles. The van der Waals surface area contributed by atoms with Gasteiger partial charge in [-0.3, -0.25) is 9.89 Å². The molecule has 0 saturated carbocycles. The Labute approximate surface area is 103 Å². The number of aryl methyl sites for hydroxylation is 2. The van der Waals surface area contributed by atoms with Gasteiger partial charge in [0.2, 0.25) is 5.91 Å². The average molecular weight is 263 g/mol. The van der Waals surface area contributed by atoms with Crippen LogP contribution in [0.25, 0.3) is 0 Å². The number of hydrogen-bond acceptors (Lipinski definition) is 2. The molecule has 1 heterocycles. The van der Waals surface area contributed by atoms with Gasteiger partial charge in [-0.05, 0) is 20.8 Å². The van der Waals surface area contributed by atoms with Crippen LogP contribution in [-0.2, 0) is 4.79 Å². The van der Waals surface area contributed by atoms with Crippen LogP contribution in [0.5, 0.6) is 0 Å². The zero-order valence-corrected chi connectivity index (χ0v) is 10.5. The first kappa shape index (κ1) is 14.5. The Bertz CT molecular complexity index is 406. The standard InChI is InChI=1S/C11H16F3N3O/c1-6(10-7(2)16-17-8(10)3)15-9(18)4-5-11(12,13)14/h6H,4-5H2,1-3H3,(H,15,18)(H,16,17)/t6-/m0/s1. The minimum atomic E-state index is -4.30. The Hall–Kier alpha value is -1.53. The molecule has 7 heteroatoms. The second-order valence-corrected chi connectivity index (χ2v) is 4.25. The van der Waals surface area contributed by atoms with E-state index in [1.54, 1.807) is 20.8 Å². The topological polar surface area (TPSA) is 57.8 Å². The Morgan fingerprint density at radius 1 is 1.44 bits per heavy atom. The van der Waals surface area contributed by atoms with Crippen LogP contribution in [0.1, 0.15) is 42.8 Å². The first-order valence-corrected chi connectivity index (χ1v) is 5.58. The van der Waals surface area contributed by atoms with Crippen molar-refractivity contribution in [1.82, 2.24) is 15.5 Å². The van der Waals surface area contributed by atoms with Gasteiger partial charge in [-0.25, -0.2) is 0 Å². The maximum absolute atomic E-state index is 12.0. The predicted molar refractivity (Wildman–Crippen MR) is 59.9 cm³/mol. The number of H-pyrrole nitrogens is 1. The summed E-state index contributed by atoms with van der Waals surface area (Å²) >= 11 is 0. The summed E-state index contributed by atoms with van der Waals surface area (Å²) in [6.45, 7) is 5.29. The third kappa shape index (κ3) is 4.05. The van der Waals surface area contributed by atoms with Gasteiger partial charge in [-0.15, -0.1) is 0 Å². The molecule has 1 rings (SSSR count). The Morgan fingerprint density at radius 2 is 2.06 bits per heavy atom. The fraction of sp³-hybridized carbons (Fsp3) is 0.636. The van der Waals surface area contributed by atoms with Gasteiger partial charge in [0.05, 0.1) is 18.2 Å². The summed E-state index contributed by atoms with van der Waals surface area (Å²) in [4.78, 5) is 11.4. The van der Waals surface area contributed by atoms with Gasteiger partial charge in [-0.2, -0.15) is 18.3 Å². The summed E-state index contributed by atoms with van der Waals surface area (Å²) in [5, 5.41) is 9.28. The highest BCUT2D eigenvalue weighted by Gasteiger charge is 2.28. The molecular weight excluding hydrogens is 247 g/mol. The summed E-state index contributed by atoms with van der Waals surface area (Å²) in [5.74, 6) is -0.611. The van der Waals surface area contributed by atoms with Crippen LogP contribution in [0.4, 0.5) is 13.2 Å². The summed E-state index contributed by atoms with van der Waals surface area (Å²) < 4.78 is 35.9. The predicted octanol–water partition coefficient (Wildman–Crippen LogP) is 2.55. The normalized spacial score (nSPS) is 13.4. The quantitative estimate of drug-likeness (QED) is 0.877. The highest BCUT2D eigenvalue weighted by molar-refractivity contribution is 5.76. The van der Waals surface area contributed by atoms with Gasteiger partial charge < -0.3 is 5.32 Å². The number of hydrogen-bond donors (Lipinski definition) is 2. The molecule has 0 radical (unpaired) electrons. The summed E-state index contributed by atoms with van der Waals surface area (Å²) in [6.07, 6.45) is -5.96. The van der Waals surface area contributed by atoms with Gasteiger partial charge in [0.25, 0.3) is 0 Å². The van der Waals surface area contributed by atoms with E-state index in [1.807, 2.05) is 0 Å². The lowest BCUT2D eigenvalue weighted by Crippen LogP contribution is -2.28. The lowest BCUT2D eigenvalue weighted by Gasteiger charge is -2.15. The van der Waals surface area contributed by atoms with Crippen molar-refractivity contribution in [2.45, 2.75) is 45.8 Å². The number of carbonyl (C=O) groups excluding carboxylic acids is 1. The molecule has 1 aromatic heterocycles. The van der Waals surface area contributed by atoms with E-state index in [0.717, 1.165) is 17.0 Å². The number of amides is 1. The molecule has 0 spiro atoms. The SMILES string of the molecule is Cc1n[nH]c(C)c1[C@H](C)NC(=O)CCC(F)(F)F. The first-order chi connectivity index (χ1) is 8.20. The van der Waals surface area contributed by atoms with Crippen LogP contribution in [0, 0.1) is 13.8 Å². The summed E-state index contributed by atoms with van der Waals surface area (Å²) in [5.41, 5.74) is 2.35. The number of rotatable bonds is 4. The van der Waals surface area contributed by atoms with Crippen LogP contribution < -0.4 is 5.32 Å². The number of aromatic nitrogens is 2. The van der Waals surface area contributed by atoms with Crippen LogP contribution in [0.3, 0.4) is 0 Å². The molecule has 18 heavy (non-hydrogen) atoms. The molecule has 0 bridgehead atoms. The summed E-state index contributed by atoms with van der Waals surface area (Å²) in [6, 6.07) is -0.357. The van der Waals surface area contributed by atoms with Crippen LogP contribution in [0.15, 0.2) is 0 Å². The molecule has 4 nitrogen and oxygen atoms in total. The fourth-order valence-corrected chi connectivity index (χ4v) is 1.84. The van der Waals surface area contributed by atoms with Crippen molar-refractivity contribution in [1.29, 1.82) is 0 Å². The van der Waals surface area contributed by atoms with Crippen molar-refractivity contribution < 1.29 is 18.0 Å². The third-order valence-electron chi connectivity index (χ3n) is 2.63. The molecule has 0 aliphatic carbocycles.